The van der Waals surface area contributed by atoms with Gasteiger partial charge in [0.05, 0.1) is 5.39 Å². The largest absolute Gasteiger partial charge is 0.467 e. The summed E-state index contributed by atoms with van der Waals surface area (Å²) in [6, 6.07) is 11.5. The number of hydrogen-bond donors (Lipinski definition) is 1. The number of carbonyl (C=O) groups excluding carboxylic acids is 1. The van der Waals surface area contributed by atoms with E-state index in [4.69, 9.17) is 4.74 Å². The molecule has 0 aliphatic heterocycles. The van der Waals surface area contributed by atoms with Crippen LogP contribution in [0.15, 0.2) is 60.2 Å². The molecule has 0 aliphatic carbocycles. The first-order valence-corrected chi connectivity index (χ1v) is 9.83. The number of rotatable bonds is 7. The summed E-state index contributed by atoms with van der Waals surface area (Å²) < 4.78 is 47.5. The molecular formula is C21H14F3N3O3S. The van der Waals surface area contributed by atoms with Crippen LogP contribution in [0.4, 0.5) is 18.9 Å². The van der Waals surface area contributed by atoms with Gasteiger partial charge in [0.15, 0.2) is 6.61 Å². The van der Waals surface area contributed by atoms with Gasteiger partial charge in [-0.3, -0.25) is 4.79 Å². The summed E-state index contributed by atoms with van der Waals surface area (Å²) >= 11 is 1.38. The standard InChI is InChI=1S/C21H14F3N3O3S/c22-13-3-1-12(2-4-13)16-10-31-20-18(16)19(25-11-26-20)29-9-17(28)27-14-5-7-15(8-6-14)30-21(23)24/h1-8,10-11,21H,9H2,(H,27,28). The highest BCUT2D eigenvalue weighted by atomic mass is 32.1. The molecule has 0 saturated heterocycles. The summed E-state index contributed by atoms with van der Waals surface area (Å²) in [4.78, 5) is 21.3. The monoisotopic (exact) mass is 445 g/mol. The van der Waals surface area contributed by atoms with Gasteiger partial charge in [-0.25, -0.2) is 14.4 Å². The third kappa shape index (κ3) is 4.92. The lowest BCUT2D eigenvalue weighted by atomic mass is 10.1. The summed E-state index contributed by atoms with van der Waals surface area (Å²) in [5.74, 6) is -0.603. The highest BCUT2D eigenvalue weighted by molar-refractivity contribution is 7.17. The number of nitrogens with zero attached hydrogens (tertiary/aromatic N) is 2. The van der Waals surface area contributed by atoms with Gasteiger partial charge in [0.25, 0.3) is 5.91 Å². The van der Waals surface area contributed by atoms with Crippen LogP contribution in [0.5, 0.6) is 11.6 Å². The second kappa shape index (κ2) is 9.00. The quantitative estimate of drug-likeness (QED) is 0.428. The molecule has 4 rings (SSSR count). The predicted octanol–water partition coefficient (Wildman–Crippen LogP) is 5.12. The fourth-order valence-corrected chi connectivity index (χ4v) is 3.76. The molecule has 0 radical (unpaired) electrons. The Bertz CT molecular complexity index is 1200. The molecule has 158 valence electrons. The molecule has 0 atom stereocenters. The topological polar surface area (TPSA) is 73.3 Å². The van der Waals surface area contributed by atoms with Crippen LogP contribution in [-0.2, 0) is 4.79 Å². The second-order valence-corrected chi connectivity index (χ2v) is 7.11. The molecular weight excluding hydrogens is 431 g/mol. The number of carbonyl (C=O) groups is 1. The number of fused-ring (bicyclic) bond motifs is 1. The fraction of sp³-hybridized carbons (Fsp3) is 0.0952. The molecule has 1 N–H and O–H groups in total. The number of nitrogens with one attached hydrogen (secondary N) is 1. The smallest absolute Gasteiger partial charge is 0.387 e. The van der Waals surface area contributed by atoms with E-state index >= 15 is 0 Å². The SMILES string of the molecule is O=C(COc1ncnc2scc(-c3ccc(F)cc3)c12)Nc1ccc(OC(F)F)cc1. The fourth-order valence-electron chi connectivity index (χ4n) is 2.85. The highest BCUT2D eigenvalue weighted by Crippen LogP contribution is 2.37. The Morgan fingerprint density at radius 1 is 1.06 bits per heavy atom. The number of halogens is 3. The van der Waals surface area contributed by atoms with Crippen molar-refractivity contribution in [2.75, 3.05) is 11.9 Å². The van der Waals surface area contributed by atoms with Crippen molar-refractivity contribution >= 4 is 33.1 Å². The number of ether oxygens (including phenoxy) is 2. The lowest BCUT2D eigenvalue weighted by molar-refractivity contribution is -0.118. The molecule has 4 aromatic rings. The van der Waals surface area contributed by atoms with Crippen LogP contribution < -0.4 is 14.8 Å². The average molecular weight is 445 g/mol. The van der Waals surface area contributed by atoms with Crippen LogP contribution in [0.3, 0.4) is 0 Å². The minimum Gasteiger partial charge on any atom is -0.467 e. The number of anilines is 1. The number of thiophene rings is 1. The maximum absolute atomic E-state index is 13.3. The predicted molar refractivity (Wildman–Crippen MR) is 110 cm³/mol. The van der Waals surface area contributed by atoms with E-state index in [-0.39, 0.29) is 24.1 Å². The van der Waals surface area contributed by atoms with Crippen LogP contribution in [0.2, 0.25) is 0 Å². The van der Waals surface area contributed by atoms with Gasteiger partial charge >= 0.3 is 6.61 Å². The van der Waals surface area contributed by atoms with Crippen molar-refractivity contribution in [2.45, 2.75) is 6.61 Å². The molecule has 0 fully saturated rings. The minimum atomic E-state index is -2.92. The normalized spacial score (nSPS) is 11.0. The summed E-state index contributed by atoms with van der Waals surface area (Å²) in [7, 11) is 0. The third-order valence-electron chi connectivity index (χ3n) is 4.19. The minimum absolute atomic E-state index is 0.0154. The van der Waals surface area contributed by atoms with Crippen LogP contribution in [0.25, 0.3) is 21.3 Å². The van der Waals surface area contributed by atoms with Gasteiger partial charge in [0.1, 0.15) is 22.7 Å². The van der Waals surface area contributed by atoms with E-state index in [9.17, 15) is 18.0 Å². The molecule has 0 bridgehead atoms. The maximum Gasteiger partial charge on any atom is 0.387 e. The van der Waals surface area contributed by atoms with Gasteiger partial charge in [-0.1, -0.05) is 12.1 Å². The zero-order valence-corrected chi connectivity index (χ0v) is 16.5. The molecule has 10 heteroatoms. The molecule has 0 saturated carbocycles. The molecule has 31 heavy (non-hydrogen) atoms. The Hall–Kier alpha value is -3.66. The van der Waals surface area contributed by atoms with Crippen molar-refractivity contribution < 1.29 is 27.4 Å². The number of hydrogen-bond acceptors (Lipinski definition) is 6. The Morgan fingerprint density at radius 2 is 1.81 bits per heavy atom. The van der Waals surface area contributed by atoms with Gasteiger partial charge in [-0.05, 0) is 42.0 Å². The first kappa shape index (κ1) is 20.6. The van der Waals surface area contributed by atoms with E-state index in [0.717, 1.165) is 11.1 Å². The van der Waals surface area contributed by atoms with E-state index in [0.29, 0.717) is 15.9 Å². The van der Waals surface area contributed by atoms with E-state index in [1.54, 1.807) is 12.1 Å². The van der Waals surface area contributed by atoms with E-state index < -0.39 is 12.5 Å². The first-order valence-electron chi connectivity index (χ1n) is 8.95. The van der Waals surface area contributed by atoms with Gasteiger partial charge in [-0.2, -0.15) is 8.78 Å². The second-order valence-electron chi connectivity index (χ2n) is 6.25. The summed E-state index contributed by atoms with van der Waals surface area (Å²) in [6.07, 6.45) is 1.34. The molecule has 6 nitrogen and oxygen atoms in total. The summed E-state index contributed by atoms with van der Waals surface area (Å²) in [6.45, 7) is -3.25. The summed E-state index contributed by atoms with van der Waals surface area (Å²) in [5, 5.41) is 5.09. The lowest BCUT2D eigenvalue weighted by Gasteiger charge is -2.09. The van der Waals surface area contributed by atoms with Gasteiger partial charge in [0, 0.05) is 16.6 Å². The Kier molecular flexibility index (Phi) is 5.99. The molecule has 2 aromatic heterocycles. The number of alkyl halides is 2. The van der Waals surface area contributed by atoms with Crippen LogP contribution in [0, 0.1) is 5.82 Å². The van der Waals surface area contributed by atoms with Crippen LogP contribution >= 0.6 is 11.3 Å². The Labute approximate surface area is 178 Å². The zero-order chi connectivity index (χ0) is 21.8. The third-order valence-corrected chi connectivity index (χ3v) is 5.08. The molecule has 0 spiro atoms. The maximum atomic E-state index is 13.3. The number of amides is 1. The highest BCUT2D eigenvalue weighted by Gasteiger charge is 2.15. The van der Waals surface area contributed by atoms with Gasteiger partial charge < -0.3 is 14.8 Å². The van der Waals surface area contributed by atoms with Crippen molar-refractivity contribution in [3.63, 3.8) is 0 Å². The van der Waals surface area contributed by atoms with Crippen molar-refractivity contribution in [1.82, 2.24) is 9.97 Å². The van der Waals surface area contributed by atoms with Crippen molar-refractivity contribution in [3.05, 3.63) is 66.1 Å². The Balaban J connectivity index is 1.47. The molecule has 2 aromatic carbocycles. The average Bonchev–Trinajstić information content (AvgIpc) is 3.19. The zero-order valence-electron chi connectivity index (χ0n) is 15.7. The van der Waals surface area contributed by atoms with Crippen molar-refractivity contribution in [2.24, 2.45) is 0 Å². The number of benzene rings is 2. The number of aromatic nitrogens is 2. The molecule has 0 unspecified atom stereocenters. The first-order chi connectivity index (χ1) is 15.0. The summed E-state index contributed by atoms with van der Waals surface area (Å²) in [5.41, 5.74) is 1.93. The van der Waals surface area contributed by atoms with E-state index in [1.807, 2.05) is 5.38 Å². The molecule has 2 heterocycles. The van der Waals surface area contributed by atoms with Crippen molar-refractivity contribution in [3.8, 4) is 22.8 Å². The van der Waals surface area contributed by atoms with Crippen LogP contribution in [-0.4, -0.2) is 29.1 Å². The molecule has 0 aliphatic rings. The lowest BCUT2D eigenvalue weighted by Crippen LogP contribution is -2.20. The van der Waals surface area contributed by atoms with Crippen molar-refractivity contribution in [1.29, 1.82) is 0 Å². The Morgan fingerprint density at radius 3 is 2.52 bits per heavy atom. The molecule has 1 amide bonds. The van der Waals surface area contributed by atoms with Gasteiger partial charge in [-0.15, -0.1) is 11.3 Å². The van der Waals surface area contributed by atoms with E-state index in [1.165, 1.54) is 54.1 Å². The van der Waals surface area contributed by atoms with Crippen LogP contribution in [0.1, 0.15) is 0 Å². The van der Waals surface area contributed by atoms with E-state index in [2.05, 4.69) is 20.0 Å². The van der Waals surface area contributed by atoms with Gasteiger partial charge in [0.2, 0.25) is 5.88 Å².